The molecule has 1 aliphatic carbocycles. The Morgan fingerprint density at radius 2 is 1.39 bits per heavy atom. The van der Waals surface area contributed by atoms with E-state index >= 15 is 0 Å². The van der Waals surface area contributed by atoms with Gasteiger partial charge in [-0.15, -0.1) is 0 Å². The van der Waals surface area contributed by atoms with Gasteiger partial charge in [-0.05, 0) is 30.0 Å². The monoisotopic (exact) mass is 304 g/mol. The van der Waals surface area contributed by atoms with Crippen molar-refractivity contribution in [3.05, 3.63) is 77.4 Å². The molecule has 1 unspecified atom stereocenters. The Hall–Kier alpha value is -2.81. The van der Waals surface area contributed by atoms with Crippen molar-refractivity contribution in [2.75, 3.05) is 0 Å². The molecule has 1 atom stereocenters. The molecule has 114 valence electrons. The fourth-order valence-corrected chi connectivity index (χ4v) is 2.78. The first kappa shape index (κ1) is 15.1. The zero-order valence-electron chi connectivity index (χ0n) is 12.6. The van der Waals surface area contributed by atoms with Crippen molar-refractivity contribution in [3.8, 4) is 0 Å². The third-order valence-corrected chi connectivity index (χ3v) is 4.04. The third-order valence-electron chi connectivity index (χ3n) is 4.04. The second kappa shape index (κ2) is 6.53. The standard InChI is InChI=1S/C20H16O3/c21-18-16(12-11-14-7-3-1-4-8-14)19(22)20(23)17(18)13-15-9-5-2-6-10-15/h1-10,13,16H,11-12H2/b17-13-. The first-order valence-corrected chi connectivity index (χ1v) is 7.60. The molecule has 1 fully saturated rings. The minimum Gasteiger partial charge on any atom is -0.293 e. The number of carbonyl (C=O) groups is 3. The molecule has 0 heterocycles. The normalized spacial score (nSPS) is 19.6. The van der Waals surface area contributed by atoms with E-state index in [1.165, 1.54) is 6.08 Å². The average molecular weight is 304 g/mol. The van der Waals surface area contributed by atoms with Crippen molar-refractivity contribution in [2.45, 2.75) is 12.8 Å². The topological polar surface area (TPSA) is 51.2 Å². The van der Waals surface area contributed by atoms with Gasteiger partial charge >= 0.3 is 0 Å². The summed E-state index contributed by atoms with van der Waals surface area (Å²) in [7, 11) is 0. The van der Waals surface area contributed by atoms with Crippen LogP contribution in [0.3, 0.4) is 0 Å². The first-order chi connectivity index (χ1) is 11.2. The van der Waals surface area contributed by atoms with Crippen LogP contribution in [-0.4, -0.2) is 17.3 Å². The lowest BCUT2D eigenvalue weighted by molar-refractivity contribution is -0.135. The third kappa shape index (κ3) is 3.19. The number of carbonyl (C=O) groups excluding carboxylic acids is 3. The van der Waals surface area contributed by atoms with Crippen LogP contribution in [0.5, 0.6) is 0 Å². The van der Waals surface area contributed by atoms with E-state index in [0.29, 0.717) is 12.8 Å². The second-order valence-electron chi connectivity index (χ2n) is 5.60. The Bertz CT molecular complexity index is 773. The van der Waals surface area contributed by atoms with Crippen LogP contribution in [-0.2, 0) is 20.8 Å². The Morgan fingerprint density at radius 1 is 0.783 bits per heavy atom. The van der Waals surface area contributed by atoms with E-state index in [0.717, 1.165) is 11.1 Å². The van der Waals surface area contributed by atoms with Gasteiger partial charge in [-0.1, -0.05) is 60.7 Å². The van der Waals surface area contributed by atoms with E-state index in [9.17, 15) is 14.4 Å². The highest BCUT2D eigenvalue weighted by atomic mass is 16.2. The molecule has 0 aliphatic heterocycles. The molecule has 1 aliphatic rings. The van der Waals surface area contributed by atoms with Gasteiger partial charge < -0.3 is 0 Å². The van der Waals surface area contributed by atoms with Crippen molar-refractivity contribution < 1.29 is 14.4 Å². The number of hydrogen-bond donors (Lipinski definition) is 0. The highest BCUT2D eigenvalue weighted by Crippen LogP contribution is 2.26. The van der Waals surface area contributed by atoms with Gasteiger partial charge in [0.1, 0.15) is 0 Å². The molecule has 3 rings (SSSR count). The van der Waals surface area contributed by atoms with Gasteiger partial charge in [-0.2, -0.15) is 0 Å². The Balaban J connectivity index is 1.78. The van der Waals surface area contributed by atoms with Crippen LogP contribution < -0.4 is 0 Å². The molecule has 0 bridgehead atoms. The molecule has 2 aromatic carbocycles. The lowest BCUT2D eigenvalue weighted by atomic mass is 9.96. The molecule has 0 spiro atoms. The van der Waals surface area contributed by atoms with E-state index in [1.54, 1.807) is 12.1 Å². The molecule has 0 N–H and O–H groups in total. The number of aryl methyl sites for hydroxylation is 1. The predicted octanol–water partition coefficient (Wildman–Crippen LogP) is 3.04. The van der Waals surface area contributed by atoms with Crippen molar-refractivity contribution >= 4 is 23.4 Å². The second-order valence-corrected chi connectivity index (χ2v) is 5.60. The van der Waals surface area contributed by atoms with Crippen LogP contribution in [0, 0.1) is 5.92 Å². The number of benzene rings is 2. The van der Waals surface area contributed by atoms with Gasteiger partial charge in [-0.3, -0.25) is 14.4 Å². The molecular formula is C20H16O3. The summed E-state index contributed by atoms with van der Waals surface area (Å²) in [5.74, 6) is -2.41. The zero-order chi connectivity index (χ0) is 16.2. The van der Waals surface area contributed by atoms with Crippen LogP contribution in [0.2, 0.25) is 0 Å². The van der Waals surface area contributed by atoms with Crippen molar-refractivity contribution in [2.24, 2.45) is 5.92 Å². The van der Waals surface area contributed by atoms with Gasteiger partial charge in [0.2, 0.25) is 11.6 Å². The molecule has 0 saturated heterocycles. The van der Waals surface area contributed by atoms with E-state index < -0.39 is 17.5 Å². The van der Waals surface area contributed by atoms with Gasteiger partial charge in [0.25, 0.3) is 0 Å². The molecule has 23 heavy (non-hydrogen) atoms. The summed E-state index contributed by atoms with van der Waals surface area (Å²) in [5.41, 5.74) is 1.82. The molecule has 0 aromatic heterocycles. The minimum atomic E-state index is -0.835. The lowest BCUT2D eigenvalue weighted by Gasteiger charge is -2.05. The van der Waals surface area contributed by atoms with Crippen LogP contribution >= 0.6 is 0 Å². The fraction of sp³-hybridized carbons (Fsp3) is 0.150. The van der Waals surface area contributed by atoms with Crippen LogP contribution in [0.1, 0.15) is 17.5 Å². The van der Waals surface area contributed by atoms with Crippen LogP contribution in [0.15, 0.2) is 66.2 Å². The van der Waals surface area contributed by atoms with Crippen molar-refractivity contribution in [1.82, 2.24) is 0 Å². The lowest BCUT2D eigenvalue weighted by Crippen LogP contribution is -2.17. The summed E-state index contributed by atoms with van der Waals surface area (Å²) in [4.78, 5) is 36.7. The number of allylic oxidation sites excluding steroid dienone is 1. The zero-order valence-corrected chi connectivity index (χ0v) is 12.6. The Labute approximate surface area is 134 Å². The average Bonchev–Trinajstić information content (AvgIpc) is 2.79. The minimum absolute atomic E-state index is 0.0132. The predicted molar refractivity (Wildman–Crippen MR) is 87.7 cm³/mol. The summed E-state index contributed by atoms with van der Waals surface area (Å²) >= 11 is 0. The maximum atomic E-state index is 12.4. The largest absolute Gasteiger partial charge is 0.293 e. The smallest absolute Gasteiger partial charge is 0.232 e. The van der Waals surface area contributed by atoms with E-state index in [4.69, 9.17) is 0 Å². The molecule has 2 aromatic rings. The van der Waals surface area contributed by atoms with Crippen LogP contribution in [0.25, 0.3) is 6.08 Å². The highest BCUT2D eigenvalue weighted by molar-refractivity contribution is 6.60. The summed E-state index contributed by atoms with van der Waals surface area (Å²) in [5, 5.41) is 0. The molecule has 0 amide bonds. The Morgan fingerprint density at radius 3 is 2.04 bits per heavy atom. The van der Waals surface area contributed by atoms with E-state index in [2.05, 4.69) is 0 Å². The van der Waals surface area contributed by atoms with Crippen molar-refractivity contribution in [1.29, 1.82) is 0 Å². The molecule has 1 saturated carbocycles. The number of hydrogen-bond acceptors (Lipinski definition) is 3. The van der Waals surface area contributed by atoms with Crippen LogP contribution in [0.4, 0.5) is 0 Å². The first-order valence-electron chi connectivity index (χ1n) is 7.60. The van der Waals surface area contributed by atoms with Gasteiger partial charge in [0.05, 0.1) is 11.5 Å². The SMILES string of the molecule is O=C1C(=O)C(CCc2ccccc2)C(=O)/C1=C/c1ccccc1. The highest BCUT2D eigenvalue weighted by Gasteiger charge is 2.43. The van der Waals surface area contributed by atoms with Gasteiger partial charge in [-0.25, -0.2) is 0 Å². The number of ketones is 3. The summed E-state index contributed by atoms with van der Waals surface area (Å²) in [6, 6.07) is 18.8. The molecular weight excluding hydrogens is 288 g/mol. The number of Topliss-reactive ketones (excluding diaryl/α,β-unsaturated/α-hetero) is 3. The molecule has 3 heteroatoms. The van der Waals surface area contributed by atoms with Gasteiger partial charge in [0, 0.05) is 0 Å². The van der Waals surface area contributed by atoms with Crippen molar-refractivity contribution in [3.63, 3.8) is 0 Å². The summed E-state index contributed by atoms with van der Waals surface area (Å²) in [6.45, 7) is 0. The maximum absolute atomic E-state index is 12.4. The quantitative estimate of drug-likeness (QED) is 0.377. The Kier molecular flexibility index (Phi) is 4.29. The molecule has 0 radical (unpaired) electrons. The van der Waals surface area contributed by atoms with E-state index in [1.807, 2.05) is 48.5 Å². The summed E-state index contributed by atoms with van der Waals surface area (Å²) in [6.07, 6.45) is 2.50. The van der Waals surface area contributed by atoms with E-state index in [-0.39, 0.29) is 11.4 Å². The molecule has 3 nitrogen and oxygen atoms in total. The van der Waals surface area contributed by atoms with Gasteiger partial charge in [0.15, 0.2) is 5.78 Å². The maximum Gasteiger partial charge on any atom is 0.232 e. The number of rotatable bonds is 4. The summed E-state index contributed by atoms with van der Waals surface area (Å²) < 4.78 is 0. The fourth-order valence-electron chi connectivity index (χ4n) is 2.78.